The lowest BCUT2D eigenvalue weighted by molar-refractivity contribution is -0.00315. The first kappa shape index (κ1) is 16.0. The predicted octanol–water partition coefficient (Wildman–Crippen LogP) is 5.17. The molecule has 24 heavy (non-hydrogen) atoms. The fraction of sp³-hybridized carbons (Fsp3) is 0.278. The van der Waals surface area contributed by atoms with E-state index in [1.807, 2.05) is 47.4 Å². The first-order valence-electron chi connectivity index (χ1n) is 7.75. The summed E-state index contributed by atoms with van der Waals surface area (Å²) in [5.41, 5.74) is 1.34. The van der Waals surface area contributed by atoms with Crippen molar-refractivity contribution in [3.8, 4) is 5.75 Å². The van der Waals surface area contributed by atoms with Crippen LogP contribution in [-0.4, -0.2) is 10.8 Å². The number of anilines is 1. The highest BCUT2D eigenvalue weighted by molar-refractivity contribution is 7.80. The van der Waals surface area contributed by atoms with Crippen LogP contribution in [0.15, 0.2) is 42.5 Å². The summed E-state index contributed by atoms with van der Waals surface area (Å²) in [5.74, 6) is 0.973. The number of nitrogens with one attached hydrogen (secondary N) is 1. The van der Waals surface area contributed by atoms with Gasteiger partial charge in [0, 0.05) is 27.2 Å². The molecule has 2 aromatic rings. The molecule has 0 saturated carbocycles. The third-order valence-corrected chi connectivity index (χ3v) is 5.73. The number of benzene rings is 2. The minimum atomic E-state index is -0.613. The second-order valence-electron chi connectivity index (χ2n) is 6.37. The van der Waals surface area contributed by atoms with Gasteiger partial charge in [-0.25, -0.2) is 0 Å². The van der Waals surface area contributed by atoms with Crippen LogP contribution in [0.1, 0.15) is 25.5 Å². The molecule has 0 unspecified atom stereocenters. The van der Waals surface area contributed by atoms with Crippen LogP contribution in [0.3, 0.4) is 0 Å². The molecule has 0 spiro atoms. The van der Waals surface area contributed by atoms with Gasteiger partial charge < -0.3 is 10.1 Å². The van der Waals surface area contributed by atoms with Gasteiger partial charge in [-0.3, -0.25) is 4.90 Å². The van der Waals surface area contributed by atoms with Crippen LogP contribution in [0.5, 0.6) is 5.75 Å². The van der Waals surface area contributed by atoms with Crippen molar-refractivity contribution in [3.63, 3.8) is 0 Å². The minimum Gasteiger partial charge on any atom is -0.467 e. The van der Waals surface area contributed by atoms with Crippen LogP contribution < -0.4 is 15.0 Å². The Kier molecular flexibility index (Phi) is 3.68. The number of rotatable bonds is 1. The van der Waals surface area contributed by atoms with E-state index >= 15 is 0 Å². The summed E-state index contributed by atoms with van der Waals surface area (Å²) in [5, 5.41) is 5.43. The zero-order valence-electron chi connectivity index (χ0n) is 13.2. The molecule has 2 aliphatic heterocycles. The molecule has 0 aliphatic carbocycles. The molecule has 4 rings (SSSR count). The Morgan fingerprint density at radius 1 is 1.17 bits per heavy atom. The quantitative estimate of drug-likeness (QED) is 0.691. The molecule has 1 N–H and O–H groups in total. The second kappa shape index (κ2) is 5.51. The Hall–Kier alpha value is -1.49. The summed E-state index contributed by atoms with van der Waals surface area (Å²) in [6.07, 6.45) is 0. The highest BCUT2D eigenvalue weighted by atomic mass is 35.5. The lowest BCUT2D eigenvalue weighted by atomic mass is 9.80. The van der Waals surface area contributed by atoms with Crippen molar-refractivity contribution >= 4 is 46.2 Å². The fourth-order valence-electron chi connectivity index (χ4n) is 3.59. The number of fused-ring (bicyclic) bond motifs is 4. The number of nitrogens with zero attached hydrogens (tertiary/aromatic N) is 1. The van der Waals surface area contributed by atoms with E-state index in [2.05, 4.69) is 19.2 Å². The van der Waals surface area contributed by atoms with Crippen molar-refractivity contribution in [2.45, 2.75) is 25.6 Å². The molecular weight excluding hydrogens is 363 g/mol. The molecule has 2 aromatic carbocycles. The smallest absolute Gasteiger partial charge is 0.190 e. The SMILES string of the molecule is C[C@@H]1[C@H]2NC(=S)N(c3cccc(Cl)c3)[C@@]1(C)Oc1ccc(Cl)cc12. The summed E-state index contributed by atoms with van der Waals surface area (Å²) < 4.78 is 6.43. The number of ether oxygens (including phenoxy) is 1. The molecule has 2 aliphatic rings. The highest BCUT2D eigenvalue weighted by Crippen LogP contribution is 2.49. The van der Waals surface area contributed by atoms with E-state index < -0.39 is 5.72 Å². The maximum Gasteiger partial charge on any atom is 0.190 e. The van der Waals surface area contributed by atoms with E-state index in [-0.39, 0.29) is 12.0 Å². The molecule has 3 atom stereocenters. The number of thiocarbonyl (C=S) groups is 1. The van der Waals surface area contributed by atoms with E-state index in [1.54, 1.807) is 0 Å². The van der Waals surface area contributed by atoms with Crippen molar-refractivity contribution < 1.29 is 4.74 Å². The Bertz CT molecular complexity index is 844. The molecule has 0 radical (unpaired) electrons. The van der Waals surface area contributed by atoms with Crippen molar-refractivity contribution in [1.82, 2.24) is 5.32 Å². The first-order valence-corrected chi connectivity index (χ1v) is 8.91. The van der Waals surface area contributed by atoms with Gasteiger partial charge >= 0.3 is 0 Å². The van der Waals surface area contributed by atoms with Crippen LogP contribution in [0.25, 0.3) is 0 Å². The minimum absolute atomic E-state index is 0.0559. The summed E-state index contributed by atoms with van der Waals surface area (Å²) in [7, 11) is 0. The number of hydrogen-bond acceptors (Lipinski definition) is 2. The highest BCUT2D eigenvalue weighted by Gasteiger charge is 2.53. The standard InChI is InChI=1S/C18H16Cl2N2OS/c1-10-16-14-9-12(20)6-7-15(14)23-18(10,2)22(17(24)21-16)13-5-3-4-11(19)8-13/h3-10,16H,1-2H3,(H,21,24)/t10-,16-,18+/m1/s1. The van der Waals surface area contributed by atoms with Crippen LogP contribution in [0.2, 0.25) is 10.0 Å². The third-order valence-electron chi connectivity index (χ3n) is 4.96. The van der Waals surface area contributed by atoms with E-state index in [0.29, 0.717) is 15.2 Å². The molecule has 0 aromatic heterocycles. The van der Waals surface area contributed by atoms with Gasteiger partial charge in [-0.1, -0.05) is 36.2 Å². The van der Waals surface area contributed by atoms with E-state index in [4.69, 9.17) is 40.2 Å². The van der Waals surface area contributed by atoms with Gasteiger partial charge in [0.2, 0.25) is 0 Å². The second-order valence-corrected chi connectivity index (χ2v) is 7.63. The maximum absolute atomic E-state index is 6.43. The van der Waals surface area contributed by atoms with Crippen LogP contribution in [0, 0.1) is 5.92 Å². The lowest BCUT2D eigenvalue weighted by Crippen LogP contribution is -2.69. The average molecular weight is 379 g/mol. The average Bonchev–Trinajstić information content (AvgIpc) is 2.52. The zero-order valence-corrected chi connectivity index (χ0v) is 15.5. The monoisotopic (exact) mass is 378 g/mol. The molecule has 1 saturated heterocycles. The fourth-order valence-corrected chi connectivity index (χ4v) is 4.37. The summed E-state index contributed by atoms with van der Waals surface area (Å²) in [6.45, 7) is 4.22. The molecule has 2 bridgehead atoms. The van der Waals surface area contributed by atoms with Crippen molar-refractivity contribution in [1.29, 1.82) is 0 Å². The Labute approximate surface area is 156 Å². The molecule has 6 heteroatoms. The van der Waals surface area contributed by atoms with Crippen molar-refractivity contribution in [3.05, 3.63) is 58.1 Å². The van der Waals surface area contributed by atoms with E-state index in [9.17, 15) is 0 Å². The van der Waals surface area contributed by atoms with Crippen molar-refractivity contribution in [2.24, 2.45) is 5.92 Å². The molecule has 1 fully saturated rings. The third kappa shape index (κ3) is 2.28. The largest absolute Gasteiger partial charge is 0.467 e. The number of halogens is 2. The normalized spacial score (nSPS) is 28.0. The van der Waals surface area contributed by atoms with Gasteiger partial charge in [-0.2, -0.15) is 0 Å². The molecule has 0 amide bonds. The first-order chi connectivity index (χ1) is 11.4. The summed E-state index contributed by atoms with van der Waals surface area (Å²) in [6, 6.07) is 13.4. The van der Waals surface area contributed by atoms with Gasteiger partial charge in [-0.15, -0.1) is 0 Å². The van der Waals surface area contributed by atoms with Gasteiger partial charge in [0.1, 0.15) is 5.75 Å². The molecule has 2 heterocycles. The molecule has 3 nitrogen and oxygen atoms in total. The zero-order chi connectivity index (χ0) is 17.1. The van der Waals surface area contributed by atoms with Crippen LogP contribution >= 0.6 is 35.4 Å². The van der Waals surface area contributed by atoms with Gasteiger partial charge in [0.05, 0.1) is 6.04 Å². The summed E-state index contributed by atoms with van der Waals surface area (Å²) in [4.78, 5) is 2.01. The lowest BCUT2D eigenvalue weighted by Gasteiger charge is -2.56. The maximum atomic E-state index is 6.43. The van der Waals surface area contributed by atoms with Gasteiger partial charge in [0.15, 0.2) is 10.8 Å². The topological polar surface area (TPSA) is 24.5 Å². The van der Waals surface area contributed by atoms with Gasteiger partial charge in [0.25, 0.3) is 0 Å². The Balaban J connectivity index is 1.86. The van der Waals surface area contributed by atoms with Gasteiger partial charge in [-0.05, 0) is 55.5 Å². The van der Waals surface area contributed by atoms with Crippen LogP contribution in [-0.2, 0) is 0 Å². The molecule has 124 valence electrons. The Morgan fingerprint density at radius 3 is 2.67 bits per heavy atom. The van der Waals surface area contributed by atoms with E-state index in [0.717, 1.165) is 17.0 Å². The van der Waals surface area contributed by atoms with E-state index in [1.165, 1.54) is 0 Å². The predicted molar refractivity (Wildman–Crippen MR) is 102 cm³/mol. The number of hydrogen-bond donors (Lipinski definition) is 1. The van der Waals surface area contributed by atoms with Crippen molar-refractivity contribution in [2.75, 3.05) is 4.90 Å². The molecular formula is C18H16Cl2N2OS. The van der Waals surface area contributed by atoms with Crippen LogP contribution in [0.4, 0.5) is 5.69 Å². The summed E-state index contributed by atoms with van der Waals surface area (Å²) >= 11 is 18.0. The Morgan fingerprint density at radius 2 is 1.92 bits per heavy atom.